The summed E-state index contributed by atoms with van der Waals surface area (Å²) in [7, 11) is 0. The number of aryl methyl sites for hydroxylation is 1. The monoisotopic (exact) mass is 401 g/mol. The lowest BCUT2D eigenvalue weighted by molar-refractivity contribution is 0.589. The van der Waals surface area contributed by atoms with Gasteiger partial charge >= 0.3 is 0 Å². The fraction of sp³-hybridized carbons (Fsp3) is 0.0690. The van der Waals surface area contributed by atoms with Crippen molar-refractivity contribution in [3.8, 4) is 45.2 Å². The summed E-state index contributed by atoms with van der Waals surface area (Å²) in [6, 6.07) is 37.4. The van der Waals surface area contributed by atoms with Gasteiger partial charge in [0.1, 0.15) is 5.69 Å². The van der Waals surface area contributed by atoms with Gasteiger partial charge in [0.15, 0.2) is 5.76 Å². The SMILES string of the molecule is CCc1cccc(-c2ccccc2-c2nc(-c3ccccc3)c(-c3ccccc3)o2)c1. The number of aromatic nitrogens is 1. The van der Waals surface area contributed by atoms with Crippen molar-refractivity contribution in [3.05, 3.63) is 115 Å². The van der Waals surface area contributed by atoms with Crippen LogP contribution >= 0.6 is 0 Å². The number of oxazole rings is 1. The topological polar surface area (TPSA) is 26.0 Å². The number of hydrogen-bond donors (Lipinski definition) is 0. The highest BCUT2D eigenvalue weighted by molar-refractivity contribution is 5.84. The Morgan fingerprint density at radius 1 is 0.613 bits per heavy atom. The van der Waals surface area contributed by atoms with Crippen molar-refractivity contribution in [3.63, 3.8) is 0 Å². The average molecular weight is 402 g/mol. The Kier molecular flexibility index (Phi) is 5.20. The van der Waals surface area contributed by atoms with E-state index >= 15 is 0 Å². The molecular weight excluding hydrogens is 378 g/mol. The molecule has 0 atom stereocenters. The molecule has 0 spiro atoms. The standard InChI is InChI=1S/C29H23NO/c1-2-21-12-11-17-24(20-21)25-18-9-10-19-26(25)29-30-27(22-13-5-3-6-14-22)28(31-29)23-15-7-4-8-16-23/h3-20H,2H2,1H3. The van der Waals surface area contributed by atoms with E-state index in [1.54, 1.807) is 0 Å². The van der Waals surface area contributed by atoms with Gasteiger partial charge in [-0.25, -0.2) is 4.98 Å². The summed E-state index contributed by atoms with van der Waals surface area (Å²) in [5.41, 5.74) is 7.53. The zero-order valence-electron chi connectivity index (χ0n) is 17.5. The van der Waals surface area contributed by atoms with Gasteiger partial charge in [0.2, 0.25) is 5.89 Å². The highest BCUT2D eigenvalue weighted by Gasteiger charge is 2.20. The number of rotatable bonds is 5. The first-order valence-corrected chi connectivity index (χ1v) is 10.6. The molecule has 0 N–H and O–H groups in total. The molecule has 150 valence electrons. The molecule has 0 saturated heterocycles. The van der Waals surface area contributed by atoms with E-state index in [2.05, 4.69) is 73.7 Å². The number of benzene rings is 4. The summed E-state index contributed by atoms with van der Waals surface area (Å²) < 4.78 is 6.45. The lowest BCUT2D eigenvalue weighted by atomic mass is 9.97. The Labute approximate surface area is 182 Å². The fourth-order valence-corrected chi connectivity index (χ4v) is 3.89. The van der Waals surface area contributed by atoms with E-state index in [4.69, 9.17) is 9.40 Å². The van der Waals surface area contributed by atoms with Crippen LogP contribution in [0.3, 0.4) is 0 Å². The maximum absolute atomic E-state index is 6.45. The van der Waals surface area contributed by atoms with Gasteiger partial charge in [0.05, 0.1) is 0 Å². The molecular formula is C29H23NO. The molecule has 2 nitrogen and oxygen atoms in total. The fourth-order valence-electron chi connectivity index (χ4n) is 3.89. The molecule has 0 aliphatic rings. The Morgan fingerprint density at radius 3 is 1.94 bits per heavy atom. The highest BCUT2D eigenvalue weighted by atomic mass is 16.4. The third-order valence-corrected chi connectivity index (χ3v) is 5.51. The molecule has 1 aromatic heterocycles. The van der Waals surface area contributed by atoms with Crippen molar-refractivity contribution in [2.45, 2.75) is 13.3 Å². The van der Waals surface area contributed by atoms with Gasteiger partial charge in [0, 0.05) is 16.7 Å². The van der Waals surface area contributed by atoms with Crippen LogP contribution in [0.1, 0.15) is 12.5 Å². The Balaban J connectivity index is 1.70. The van der Waals surface area contributed by atoms with Crippen molar-refractivity contribution < 1.29 is 4.42 Å². The molecule has 2 heteroatoms. The van der Waals surface area contributed by atoms with Crippen molar-refractivity contribution in [1.29, 1.82) is 0 Å². The van der Waals surface area contributed by atoms with Crippen LogP contribution in [0.4, 0.5) is 0 Å². The number of nitrogens with zero attached hydrogens (tertiary/aromatic N) is 1. The van der Waals surface area contributed by atoms with Gasteiger partial charge in [-0.05, 0) is 29.2 Å². The predicted molar refractivity (Wildman–Crippen MR) is 128 cm³/mol. The Hall–Kier alpha value is -3.91. The van der Waals surface area contributed by atoms with E-state index in [-0.39, 0.29) is 0 Å². The van der Waals surface area contributed by atoms with Gasteiger partial charge < -0.3 is 4.42 Å². The van der Waals surface area contributed by atoms with Gasteiger partial charge in [0.25, 0.3) is 0 Å². The zero-order chi connectivity index (χ0) is 21.0. The van der Waals surface area contributed by atoms with E-state index in [0.717, 1.165) is 40.1 Å². The summed E-state index contributed by atoms with van der Waals surface area (Å²) in [5, 5.41) is 0. The minimum atomic E-state index is 0.634. The first kappa shape index (κ1) is 19.1. The second kappa shape index (κ2) is 8.45. The van der Waals surface area contributed by atoms with Crippen LogP contribution in [0.5, 0.6) is 0 Å². The summed E-state index contributed by atoms with van der Waals surface area (Å²) >= 11 is 0. The summed E-state index contributed by atoms with van der Waals surface area (Å²) in [6.07, 6.45) is 1.01. The minimum Gasteiger partial charge on any atom is -0.435 e. The molecule has 0 aliphatic heterocycles. The molecule has 31 heavy (non-hydrogen) atoms. The first-order valence-electron chi connectivity index (χ1n) is 10.6. The molecule has 0 bridgehead atoms. The van der Waals surface area contributed by atoms with Gasteiger partial charge in [-0.1, -0.05) is 110 Å². The Morgan fingerprint density at radius 2 is 1.23 bits per heavy atom. The van der Waals surface area contributed by atoms with Crippen molar-refractivity contribution in [2.24, 2.45) is 0 Å². The lowest BCUT2D eigenvalue weighted by Gasteiger charge is -2.08. The van der Waals surface area contributed by atoms with Crippen LogP contribution in [0.25, 0.3) is 45.2 Å². The number of hydrogen-bond acceptors (Lipinski definition) is 2. The van der Waals surface area contributed by atoms with E-state index in [0.29, 0.717) is 5.89 Å². The third-order valence-electron chi connectivity index (χ3n) is 5.51. The van der Waals surface area contributed by atoms with E-state index in [9.17, 15) is 0 Å². The molecule has 4 aromatic carbocycles. The van der Waals surface area contributed by atoms with Gasteiger partial charge in [-0.3, -0.25) is 0 Å². The van der Waals surface area contributed by atoms with Crippen LogP contribution < -0.4 is 0 Å². The maximum atomic E-state index is 6.45. The van der Waals surface area contributed by atoms with Crippen molar-refractivity contribution in [1.82, 2.24) is 4.98 Å². The second-order valence-electron chi connectivity index (χ2n) is 7.53. The smallest absolute Gasteiger partial charge is 0.227 e. The average Bonchev–Trinajstić information content (AvgIpc) is 3.31. The van der Waals surface area contributed by atoms with E-state index in [1.807, 2.05) is 42.5 Å². The zero-order valence-corrected chi connectivity index (χ0v) is 17.5. The maximum Gasteiger partial charge on any atom is 0.227 e. The molecule has 0 aliphatic carbocycles. The van der Waals surface area contributed by atoms with E-state index < -0.39 is 0 Å². The quantitative estimate of drug-likeness (QED) is 0.299. The molecule has 1 heterocycles. The van der Waals surface area contributed by atoms with Crippen LogP contribution in [-0.2, 0) is 6.42 Å². The van der Waals surface area contributed by atoms with Crippen molar-refractivity contribution in [2.75, 3.05) is 0 Å². The molecule has 0 amide bonds. The summed E-state index contributed by atoms with van der Waals surface area (Å²) in [5.74, 6) is 1.43. The summed E-state index contributed by atoms with van der Waals surface area (Å²) in [6.45, 7) is 2.18. The molecule has 0 fully saturated rings. The summed E-state index contributed by atoms with van der Waals surface area (Å²) in [4.78, 5) is 4.99. The van der Waals surface area contributed by atoms with E-state index in [1.165, 1.54) is 11.1 Å². The van der Waals surface area contributed by atoms with Crippen LogP contribution in [0, 0.1) is 0 Å². The van der Waals surface area contributed by atoms with Crippen molar-refractivity contribution >= 4 is 0 Å². The van der Waals surface area contributed by atoms with Crippen LogP contribution in [-0.4, -0.2) is 4.98 Å². The molecule has 5 rings (SSSR count). The molecule has 0 radical (unpaired) electrons. The molecule has 5 aromatic rings. The predicted octanol–water partition coefficient (Wildman–Crippen LogP) is 7.91. The van der Waals surface area contributed by atoms with Gasteiger partial charge in [-0.15, -0.1) is 0 Å². The molecule has 0 saturated carbocycles. The highest BCUT2D eigenvalue weighted by Crippen LogP contribution is 2.39. The second-order valence-corrected chi connectivity index (χ2v) is 7.53. The Bertz CT molecular complexity index is 1250. The van der Waals surface area contributed by atoms with Crippen LogP contribution in [0.15, 0.2) is 114 Å². The first-order chi connectivity index (χ1) is 15.3. The largest absolute Gasteiger partial charge is 0.435 e. The lowest BCUT2D eigenvalue weighted by Crippen LogP contribution is -1.87. The molecule has 0 unspecified atom stereocenters. The van der Waals surface area contributed by atoms with Gasteiger partial charge in [-0.2, -0.15) is 0 Å². The normalized spacial score (nSPS) is 10.9. The van der Waals surface area contributed by atoms with Crippen LogP contribution in [0.2, 0.25) is 0 Å². The third kappa shape index (κ3) is 3.80. The minimum absolute atomic E-state index is 0.634.